The molecule has 1 aromatic rings. The predicted molar refractivity (Wildman–Crippen MR) is 61.1 cm³/mol. The maximum atomic E-state index is 11.5. The van der Waals surface area contributed by atoms with Crippen LogP contribution in [0.25, 0.3) is 0 Å². The highest BCUT2D eigenvalue weighted by Gasteiger charge is 2.09. The number of hydrogen-bond acceptors (Lipinski definition) is 6. The maximum absolute atomic E-state index is 11.5. The number of aliphatic imine (C=N–C) groups is 2. The largest absolute Gasteiger partial charge is 0.292 e. The van der Waals surface area contributed by atoms with Gasteiger partial charge < -0.3 is 0 Å². The Hall–Kier alpha value is -2.68. The standard InChI is InChI=1S/C12H8N2O4/c15-7-13-5-11(17)9-2-1-3-10(4-9)12(18)6-14-8-16/h1-4H,5-6H2. The summed E-state index contributed by atoms with van der Waals surface area (Å²) in [6.45, 7) is -0.624. The van der Waals surface area contributed by atoms with Crippen LogP contribution in [-0.4, -0.2) is 36.8 Å². The lowest BCUT2D eigenvalue weighted by Crippen LogP contribution is -2.07. The molecule has 18 heavy (non-hydrogen) atoms. The zero-order valence-corrected chi connectivity index (χ0v) is 9.25. The van der Waals surface area contributed by atoms with Crippen LogP contribution in [0.3, 0.4) is 0 Å². The molecule has 0 spiro atoms. The molecule has 6 heteroatoms. The quantitative estimate of drug-likeness (QED) is 0.418. The predicted octanol–water partition coefficient (Wildman–Crippen LogP) is 0.724. The Morgan fingerprint density at radius 3 is 1.78 bits per heavy atom. The molecule has 0 aromatic heterocycles. The molecule has 90 valence electrons. The number of carbonyl (C=O) groups excluding carboxylic acids is 4. The van der Waals surface area contributed by atoms with Crippen molar-refractivity contribution >= 4 is 23.7 Å². The summed E-state index contributed by atoms with van der Waals surface area (Å²) in [4.78, 5) is 49.1. The van der Waals surface area contributed by atoms with Gasteiger partial charge in [-0.3, -0.25) is 9.59 Å². The first-order valence-electron chi connectivity index (χ1n) is 4.92. The number of benzene rings is 1. The minimum Gasteiger partial charge on any atom is -0.292 e. The van der Waals surface area contributed by atoms with E-state index in [0.717, 1.165) is 0 Å². The summed E-state index contributed by atoms with van der Waals surface area (Å²) >= 11 is 0. The molecule has 1 rings (SSSR count). The molecule has 0 aliphatic rings. The van der Waals surface area contributed by atoms with Gasteiger partial charge in [-0.2, -0.15) is 9.98 Å². The Balaban J connectivity index is 2.91. The maximum Gasteiger partial charge on any atom is 0.235 e. The first-order valence-corrected chi connectivity index (χ1v) is 4.92. The van der Waals surface area contributed by atoms with E-state index in [0.29, 0.717) is 0 Å². The molecule has 1 aromatic carbocycles. The summed E-state index contributed by atoms with van der Waals surface area (Å²) in [7, 11) is 0. The van der Waals surface area contributed by atoms with E-state index < -0.39 is 11.6 Å². The highest BCUT2D eigenvalue weighted by Crippen LogP contribution is 2.07. The Morgan fingerprint density at radius 2 is 1.39 bits per heavy atom. The number of rotatable bonds is 6. The van der Waals surface area contributed by atoms with E-state index in [4.69, 9.17) is 0 Å². The van der Waals surface area contributed by atoms with E-state index in [2.05, 4.69) is 9.98 Å². The smallest absolute Gasteiger partial charge is 0.235 e. The van der Waals surface area contributed by atoms with Gasteiger partial charge in [0.05, 0.1) is 0 Å². The van der Waals surface area contributed by atoms with Crippen LogP contribution >= 0.6 is 0 Å². The lowest BCUT2D eigenvalue weighted by molar-refractivity contribution is 0.100. The molecule has 0 bridgehead atoms. The van der Waals surface area contributed by atoms with Crippen molar-refractivity contribution in [2.24, 2.45) is 9.98 Å². The summed E-state index contributed by atoms with van der Waals surface area (Å²) < 4.78 is 0. The van der Waals surface area contributed by atoms with Crippen molar-refractivity contribution in [2.75, 3.05) is 13.1 Å². The van der Waals surface area contributed by atoms with E-state index in [9.17, 15) is 19.2 Å². The van der Waals surface area contributed by atoms with Crippen LogP contribution < -0.4 is 0 Å². The van der Waals surface area contributed by atoms with Crippen molar-refractivity contribution in [2.45, 2.75) is 0 Å². The van der Waals surface area contributed by atoms with E-state index in [-0.39, 0.29) is 24.2 Å². The molecule has 0 aliphatic heterocycles. The molecule has 0 aliphatic carbocycles. The number of nitrogens with zero attached hydrogens (tertiary/aromatic N) is 2. The molecular formula is C12H8N2O4. The summed E-state index contributed by atoms with van der Waals surface area (Å²) in [5, 5.41) is 0. The minimum absolute atomic E-state index is 0.259. The Morgan fingerprint density at radius 1 is 0.944 bits per heavy atom. The van der Waals surface area contributed by atoms with Crippen molar-refractivity contribution in [1.82, 2.24) is 0 Å². The molecule has 0 amide bonds. The van der Waals surface area contributed by atoms with Crippen molar-refractivity contribution in [1.29, 1.82) is 0 Å². The Kier molecular flexibility index (Phi) is 5.06. The van der Waals surface area contributed by atoms with Gasteiger partial charge in [0.2, 0.25) is 12.2 Å². The second kappa shape index (κ2) is 6.81. The van der Waals surface area contributed by atoms with E-state index in [1.165, 1.54) is 36.4 Å². The van der Waals surface area contributed by atoms with Crippen molar-refractivity contribution in [3.05, 3.63) is 35.4 Å². The topological polar surface area (TPSA) is 93.0 Å². The Labute approximate surface area is 102 Å². The average Bonchev–Trinajstić information content (AvgIpc) is 2.42. The third-order valence-corrected chi connectivity index (χ3v) is 2.08. The third kappa shape index (κ3) is 3.72. The van der Waals surface area contributed by atoms with Crippen LogP contribution in [0.4, 0.5) is 0 Å². The SMILES string of the molecule is O=C=NCC(=O)c1cccc(C(=O)CN=C=O)c1. The van der Waals surface area contributed by atoms with E-state index >= 15 is 0 Å². The molecule has 0 atom stereocenters. The van der Waals surface area contributed by atoms with Crippen LogP contribution in [0, 0.1) is 0 Å². The molecule has 6 nitrogen and oxygen atoms in total. The van der Waals surface area contributed by atoms with Crippen molar-refractivity contribution in [3.8, 4) is 0 Å². The van der Waals surface area contributed by atoms with Gasteiger partial charge in [-0.1, -0.05) is 18.2 Å². The van der Waals surface area contributed by atoms with Crippen LogP contribution in [0.2, 0.25) is 0 Å². The third-order valence-electron chi connectivity index (χ3n) is 2.08. The summed E-state index contributed by atoms with van der Waals surface area (Å²) in [6.07, 6.45) is 2.53. The van der Waals surface area contributed by atoms with Crippen LogP contribution in [0.1, 0.15) is 20.7 Å². The zero-order valence-electron chi connectivity index (χ0n) is 9.25. The highest BCUT2D eigenvalue weighted by molar-refractivity contribution is 6.03. The van der Waals surface area contributed by atoms with Gasteiger partial charge >= 0.3 is 0 Å². The molecule has 0 N–H and O–H groups in total. The van der Waals surface area contributed by atoms with Gasteiger partial charge in [-0.15, -0.1) is 0 Å². The molecule has 0 saturated carbocycles. The second-order valence-corrected chi connectivity index (χ2v) is 3.24. The number of isocyanates is 2. The zero-order chi connectivity index (χ0) is 13.4. The average molecular weight is 244 g/mol. The second-order valence-electron chi connectivity index (χ2n) is 3.24. The summed E-state index contributed by atoms with van der Waals surface area (Å²) in [5.41, 5.74) is 0.518. The summed E-state index contributed by atoms with van der Waals surface area (Å²) in [6, 6.07) is 5.89. The van der Waals surface area contributed by atoms with Gasteiger partial charge in [-0.25, -0.2) is 9.59 Å². The fourth-order valence-electron chi connectivity index (χ4n) is 1.26. The fourth-order valence-corrected chi connectivity index (χ4v) is 1.26. The van der Waals surface area contributed by atoms with Crippen molar-refractivity contribution < 1.29 is 19.2 Å². The normalized spacial score (nSPS) is 8.89. The number of ketones is 2. The Bertz CT molecular complexity index is 520. The number of carbonyl (C=O) groups is 2. The monoisotopic (exact) mass is 244 g/mol. The van der Waals surface area contributed by atoms with E-state index in [1.54, 1.807) is 0 Å². The van der Waals surface area contributed by atoms with Crippen LogP contribution in [0.5, 0.6) is 0 Å². The van der Waals surface area contributed by atoms with Gasteiger partial charge in [-0.05, 0) is 6.07 Å². The lowest BCUT2D eigenvalue weighted by atomic mass is 10.0. The van der Waals surface area contributed by atoms with Gasteiger partial charge in [0.1, 0.15) is 13.1 Å². The molecule has 0 heterocycles. The van der Waals surface area contributed by atoms with Crippen LogP contribution in [-0.2, 0) is 9.59 Å². The number of hydrogen-bond donors (Lipinski definition) is 0. The lowest BCUT2D eigenvalue weighted by Gasteiger charge is -2.00. The minimum atomic E-state index is -0.396. The molecule has 0 radical (unpaired) electrons. The first-order chi connectivity index (χ1) is 8.69. The first kappa shape index (κ1) is 13.4. The molecular weight excluding hydrogens is 236 g/mol. The van der Waals surface area contributed by atoms with E-state index in [1.807, 2.05) is 0 Å². The highest BCUT2D eigenvalue weighted by atomic mass is 16.1. The van der Waals surface area contributed by atoms with Crippen molar-refractivity contribution in [3.63, 3.8) is 0 Å². The number of Topliss-reactive ketones (excluding diaryl/α,β-unsaturated/α-hetero) is 2. The molecule has 0 fully saturated rings. The van der Waals surface area contributed by atoms with Gasteiger partial charge in [0.25, 0.3) is 0 Å². The molecule has 0 saturated heterocycles. The van der Waals surface area contributed by atoms with Gasteiger partial charge in [0, 0.05) is 11.1 Å². The molecule has 0 unspecified atom stereocenters. The summed E-state index contributed by atoms with van der Waals surface area (Å²) in [5.74, 6) is -0.793. The van der Waals surface area contributed by atoms with Crippen LogP contribution in [0.15, 0.2) is 34.3 Å². The van der Waals surface area contributed by atoms with Gasteiger partial charge in [0.15, 0.2) is 11.6 Å². The fraction of sp³-hybridized carbons (Fsp3) is 0.167.